The number of halogens is 1. The molecule has 33 heavy (non-hydrogen) atoms. The Morgan fingerprint density at radius 3 is 2.30 bits per heavy atom. The Kier molecular flexibility index (Phi) is 8.03. The number of nitrogens with zero attached hydrogens (tertiary/aromatic N) is 2. The van der Waals surface area contributed by atoms with E-state index in [1.165, 1.54) is 18.2 Å². The van der Waals surface area contributed by atoms with Crippen LogP contribution >= 0.6 is 0 Å². The van der Waals surface area contributed by atoms with Crippen molar-refractivity contribution in [2.75, 3.05) is 33.3 Å². The molecule has 3 rings (SSSR count). The van der Waals surface area contributed by atoms with Gasteiger partial charge in [0, 0.05) is 26.2 Å². The molecule has 1 N–H and O–H groups in total. The van der Waals surface area contributed by atoms with Crippen molar-refractivity contribution in [3.05, 3.63) is 65.5 Å². The summed E-state index contributed by atoms with van der Waals surface area (Å²) in [6.07, 6.45) is 0.262. The van der Waals surface area contributed by atoms with Gasteiger partial charge in [0.15, 0.2) is 0 Å². The second-order valence-electron chi connectivity index (χ2n) is 8.41. The van der Waals surface area contributed by atoms with Gasteiger partial charge in [0.2, 0.25) is 11.8 Å². The first-order valence-corrected chi connectivity index (χ1v) is 11.0. The van der Waals surface area contributed by atoms with Crippen molar-refractivity contribution in [3.8, 4) is 5.75 Å². The van der Waals surface area contributed by atoms with E-state index in [-0.39, 0.29) is 29.7 Å². The highest BCUT2D eigenvalue weighted by Gasteiger charge is 2.32. The highest BCUT2D eigenvalue weighted by molar-refractivity contribution is 5.97. The van der Waals surface area contributed by atoms with Gasteiger partial charge in [-0.1, -0.05) is 38.1 Å². The summed E-state index contributed by atoms with van der Waals surface area (Å²) in [5, 5.41) is 2.69. The lowest BCUT2D eigenvalue weighted by Crippen LogP contribution is -2.57. The summed E-state index contributed by atoms with van der Waals surface area (Å²) < 4.78 is 19.2. The largest absolute Gasteiger partial charge is 0.497 e. The normalized spacial score (nSPS) is 14.7. The molecule has 8 heteroatoms. The molecule has 1 atom stereocenters. The standard InChI is InChI=1S/C25H30FN3O4/c1-17(2)23(27-24(31)20-9-4-5-10-21(20)26)25(32)29-13-11-28(12-14-29)22(30)16-18-7-6-8-19(15-18)33-3/h4-10,15,17,23H,11-14,16H2,1-3H3,(H,27,31). The second-order valence-corrected chi connectivity index (χ2v) is 8.41. The molecular weight excluding hydrogens is 425 g/mol. The van der Waals surface area contributed by atoms with Crippen molar-refractivity contribution in [1.82, 2.24) is 15.1 Å². The van der Waals surface area contributed by atoms with E-state index in [4.69, 9.17) is 4.74 Å². The molecule has 0 radical (unpaired) electrons. The Morgan fingerprint density at radius 1 is 1.00 bits per heavy atom. The van der Waals surface area contributed by atoms with Gasteiger partial charge in [-0.25, -0.2) is 4.39 Å². The number of hydrogen-bond acceptors (Lipinski definition) is 4. The summed E-state index contributed by atoms with van der Waals surface area (Å²) in [5.74, 6) is -0.965. The zero-order valence-electron chi connectivity index (χ0n) is 19.2. The van der Waals surface area contributed by atoms with Gasteiger partial charge in [-0.05, 0) is 35.7 Å². The molecule has 1 heterocycles. The van der Waals surface area contributed by atoms with E-state index < -0.39 is 17.8 Å². The minimum atomic E-state index is -0.781. The van der Waals surface area contributed by atoms with E-state index in [1.54, 1.807) is 23.0 Å². The van der Waals surface area contributed by atoms with Gasteiger partial charge >= 0.3 is 0 Å². The van der Waals surface area contributed by atoms with E-state index in [0.29, 0.717) is 31.9 Å². The van der Waals surface area contributed by atoms with Crippen LogP contribution in [-0.2, 0) is 16.0 Å². The number of carbonyl (C=O) groups excluding carboxylic acids is 3. The zero-order valence-corrected chi connectivity index (χ0v) is 19.2. The Bertz CT molecular complexity index is 1000. The summed E-state index contributed by atoms with van der Waals surface area (Å²) in [4.78, 5) is 41.8. The second kappa shape index (κ2) is 10.9. The van der Waals surface area contributed by atoms with Crippen LogP contribution in [0, 0.1) is 11.7 Å². The molecule has 7 nitrogen and oxygen atoms in total. The van der Waals surface area contributed by atoms with Crippen LogP contribution in [0.1, 0.15) is 29.8 Å². The minimum Gasteiger partial charge on any atom is -0.497 e. The summed E-state index contributed by atoms with van der Waals surface area (Å²) in [7, 11) is 1.58. The van der Waals surface area contributed by atoms with Crippen molar-refractivity contribution < 1.29 is 23.5 Å². The molecule has 2 aromatic carbocycles. The summed E-state index contributed by atoms with van der Waals surface area (Å²) in [6.45, 7) is 5.25. The fraction of sp³-hybridized carbons (Fsp3) is 0.400. The Hall–Kier alpha value is -3.42. The maximum absolute atomic E-state index is 14.0. The van der Waals surface area contributed by atoms with Crippen LogP contribution in [-0.4, -0.2) is 66.9 Å². The predicted molar refractivity (Wildman–Crippen MR) is 122 cm³/mol. The first kappa shape index (κ1) is 24.2. The lowest BCUT2D eigenvalue weighted by molar-refractivity contribution is -0.141. The molecule has 1 aliphatic rings. The smallest absolute Gasteiger partial charge is 0.254 e. The van der Waals surface area contributed by atoms with E-state index >= 15 is 0 Å². The first-order chi connectivity index (χ1) is 15.8. The van der Waals surface area contributed by atoms with Crippen LogP contribution in [0.2, 0.25) is 0 Å². The average Bonchev–Trinajstić information content (AvgIpc) is 2.82. The quantitative estimate of drug-likeness (QED) is 0.696. The van der Waals surface area contributed by atoms with Crippen molar-refractivity contribution in [2.45, 2.75) is 26.3 Å². The third-order valence-corrected chi connectivity index (χ3v) is 5.77. The Balaban J connectivity index is 1.57. The van der Waals surface area contributed by atoms with Gasteiger partial charge < -0.3 is 19.9 Å². The number of nitrogens with one attached hydrogen (secondary N) is 1. The van der Waals surface area contributed by atoms with Crippen LogP contribution in [0.4, 0.5) is 4.39 Å². The van der Waals surface area contributed by atoms with E-state index in [0.717, 1.165) is 5.56 Å². The van der Waals surface area contributed by atoms with Crippen LogP contribution in [0.25, 0.3) is 0 Å². The minimum absolute atomic E-state index is 0.0105. The van der Waals surface area contributed by atoms with Crippen LogP contribution in [0.3, 0.4) is 0 Å². The maximum atomic E-state index is 14.0. The van der Waals surface area contributed by atoms with Crippen LogP contribution in [0.15, 0.2) is 48.5 Å². The number of amides is 3. The van der Waals surface area contributed by atoms with Gasteiger partial charge in [-0.15, -0.1) is 0 Å². The highest BCUT2D eigenvalue weighted by Crippen LogP contribution is 2.16. The van der Waals surface area contributed by atoms with Gasteiger partial charge in [0.05, 0.1) is 19.1 Å². The van der Waals surface area contributed by atoms with Crippen molar-refractivity contribution >= 4 is 17.7 Å². The molecule has 176 valence electrons. The Labute approximate surface area is 193 Å². The fourth-order valence-electron chi connectivity index (χ4n) is 3.82. The van der Waals surface area contributed by atoms with Crippen LogP contribution in [0.5, 0.6) is 5.75 Å². The predicted octanol–water partition coefficient (Wildman–Crippen LogP) is 2.50. The van der Waals surface area contributed by atoms with Gasteiger partial charge in [0.25, 0.3) is 5.91 Å². The van der Waals surface area contributed by atoms with E-state index in [9.17, 15) is 18.8 Å². The van der Waals surface area contributed by atoms with Gasteiger partial charge in [-0.3, -0.25) is 14.4 Å². The number of ether oxygens (including phenoxy) is 1. The fourth-order valence-corrected chi connectivity index (χ4v) is 3.82. The average molecular weight is 456 g/mol. The van der Waals surface area contributed by atoms with Crippen molar-refractivity contribution in [3.63, 3.8) is 0 Å². The molecule has 1 saturated heterocycles. The molecule has 0 aliphatic carbocycles. The lowest BCUT2D eigenvalue weighted by Gasteiger charge is -2.37. The molecule has 0 aromatic heterocycles. The highest BCUT2D eigenvalue weighted by atomic mass is 19.1. The number of piperazine rings is 1. The van der Waals surface area contributed by atoms with Crippen LogP contribution < -0.4 is 10.1 Å². The summed E-state index contributed by atoms with van der Waals surface area (Å²) >= 11 is 0. The number of hydrogen-bond donors (Lipinski definition) is 1. The van der Waals surface area contributed by atoms with Gasteiger partial charge in [0.1, 0.15) is 17.6 Å². The van der Waals surface area contributed by atoms with Crippen molar-refractivity contribution in [2.24, 2.45) is 5.92 Å². The molecule has 2 aromatic rings. The molecule has 0 saturated carbocycles. The topological polar surface area (TPSA) is 79.0 Å². The number of carbonyl (C=O) groups is 3. The zero-order chi connectivity index (χ0) is 24.0. The van der Waals surface area contributed by atoms with E-state index in [2.05, 4.69) is 5.32 Å². The van der Waals surface area contributed by atoms with Crippen molar-refractivity contribution in [1.29, 1.82) is 0 Å². The number of rotatable bonds is 7. The molecule has 1 fully saturated rings. The number of methoxy groups -OCH3 is 1. The SMILES string of the molecule is COc1cccc(CC(=O)N2CCN(C(=O)C(NC(=O)c3ccccc3F)C(C)C)CC2)c1. The molecule has 0 spiro atoms. The molecule has 1 aliphatic heterocycles. The van der Waals surface area contributed by atoms with Gasteiger partial charge in [-0.2, -0.15) is 0 Å². The molecule has 1 unspecified atom stereocenters. The summed E-state index contributed by atoms with van der Waals surface area (Å²) in [5.41, 5.74) is 0.775. The third kappa shape index (κ3) is 6.09. The first-order valence-electron chi connectivity index (χ1n) is 11.0. The number of benzene rings is 2. The summed E-state index contributed by atoms with van der Waals surface area (Å²) in [6, 6.07) is 12.3. The molecule has 3 amide bonds. The third-order valence-electron chi connectivity index (χ3n) is 5.77. The van der Waals surface area contributed by atoms with E-state index in [1.807, 2.05) is 38.1 Å². The Morgan fingerprint density at radius 2 is 1.67 bits per heavy atom. The maximum Gasteiger partial charge on any atom is 0.254 e. The molecular formula is C25H30FN3O4. The lowest BCUT2D eigenvalue weighted by atomic mass is 10.0. The monoisotopic (exact) mass is 455 g/mol. The molecule has 0 bridgehead atoms.